The van der Waals surface area contributed by atoms with E-state index in [0.717, 1.165) is 18.7 Å². The predicted octanol–water partition coefficient (Wildman–Crippen LogP) is 2.89. The first kappa shape index (κ1) is 16.3. The highest BCUT2D eigenvalue weighted by atomic mass is 19.1. The van der Waals surface area contributed by atoms with Gasteiger partial charge < -0.3 is 9.26 Å². The monoisotopic (exact) mass is 305 g/mol. The topological polar surface area (TPSA) is 51.4 Å². The second-order valence-corrected chi connectivity index (χ2v) is 4.82. The first-order valence-electron chi connectivity index (χ1n) is 7.16. The maximum Gasteiger partial charge on any atom is 0.240 e. The van der Waals surface area contributed by atoms with E-state index in [0.29, 0.717) is 24.9 Å². The van der Waals surface area contributed by atoms with E-state index >= 15 is 0 Å². The van der Waals surface area contributed by atoms with E-state index in [2.05, 4.69) is 22.0 Å². The van der Waals surface area contributed by atoms with Gasteiger partial charge in [-0.05, 0) is 24.2 Å². The summed E-state index contributed by atoms with van der Waals surface area (Å²) in [4.78, 5) is 6.41. The molecule has 1 heterocycles. The van der Waals surface area contributed by atoms with Gasteiger partial charge in [-0.3, -0.25) is 4.90 Å². The third-order valence-electron chi connectivity index (χ3n) is 3.13. The molecular weight excluding hydrogens is 285 g/mol. The lowest BCUT2D eigenvalue weighted by Crippen LogP contribution is -2.23. The summed E-state index contributed by atoms with van der Waals surface area (Å²) in [6.07, 6.45) is 4.00. The zero-order chi connectivity index (χ0) is 15.8. The summed E-state index contributed by atoms with van der Waals surface area (Å²) < 4.78 is 23.0. The Morgan fingerprint density at radius 3 is 2.77 bits per heavy atom. The number of aromatic nitrogens is 2. The molecule has 22 heavy (non-hydrogen) atoms. The third-order valence-corrected chi connectivity index (χ3v) is 3.13. The Morgan fingerprint density at radius 1 is 1.32 bits per heavy atom. The minimum absolute atomic E-state index is 0.226. The SMILES string of the molecule is CCN(C/C=C/c1ccc(F)cc1)Cc1nc(COC)no1. The van der Waals surface area contributed by atoms with Gasteiger partial charge >= 0.3 is 0 Å². The average Bonchev–Trinajstić information content (AvgIpc) is 2.96. The summed E-state index contributed by atoms with van der Waals surface area (Å²) in [5.74, 6) is 0.898. The van der Waals surface area contributed by atoms with Crippen molar-refractivity contribution in [1.82, 2.24) is 15.0 Å². The fourth-order valence-electron chi connectivity index (χ4n) is 1.95. The van der Waals surface area contributed by atoms with Crippen LogP contribution in [0.3, 0.4) is 0 Å². The Kier molecular flexibility index (Phi) is 6.24. The Balaban J connectivity index is 1.87. The van der Waals surface area contributed by atoms with Gasteiger partial charge in [0.15, 0.2) is 5.82 Å². The lowest BCUT2D eigenvalue weighted by molar-refractivity contribution is 0.174. The van der Waals surface area contributed by atoms with Crippen LogP contribution >= 0.6 is 0 Å². The number of methoxy groups -OCH3 is 1. The van der Waals surface area contributed by atoms with Gasteiger partial charge in [-0.1, -0.05) is 36.4 Å². The highest BCUT2D eigenvalue weighted by molar-refractivity contribution is 5.48. The summed E-state index contributed by atoms with van der Waals surface area (Å²) in [7, 11) is 1.59. The van der Waals surface area contributed by atoms with Gasteiger partial charge in [0, 0.05) is 13.7 Å². The fourth-order valence-corrected chi connectivity index (χ4v) is 1.95. The Labute approximate surface area is 129 Å². The van der Waals surface area contributed by atoms with E-state index in [9.17, 15) is 4.39 Å². The number of nitrogens with zero attached hydrogens (tertiary/aromatic N) is 3. The van der Waals surface area contributed by atoms with Crippen LogP contribution in [-0.2, 0) is 17.9 Å². The highest BCUT2D eigenvalue weighted by Crippen LogP contribution is 2.07. The number of rotatable bonds is 8. The molecule has 118 valence electrons. The van der Waals surface area contributed by atoms with Gasteiger partial charge in [-0.25, -0.2) is 4.39 Å². The molecule has 0 radical (unpaired) electrons. The summed E-state index contributed by atoms with van der Waals surface area (Å²) in [6.45, 7) is 4.60. The summed E-state index contributed by atoms with van der Waals surface area (Å²) in [5, 5.41) is 3.84. The molecule has 0 spiro atoms. The number of likely N-dealkylation sites (N-methyl/N-ethyl adjacent to an activating group) is 1. The number of benzene rings is 1. The number of hydrogen-bond acceptors (Lipinski definition) is 5. The van der Waals surface area contributed by atoms with Gasteiger partial charge in [-0.2, -0.15) is 4.98 Å². The quantitative estimate of drug-likeness (QED) is 0.750. The van der Waals surface area contributed by atoms with E-state index in [1.807, 2.05) is 12.2 Å². The van der Waals surface area contributed by atoms with Gasteiger partial charge in [0.1, 0.15) is 12.4 Å². The molecule has 0 saturated carbocycles. The molecule has 5 nitrogen and oxygen atoms in total. The van der Waals surface area contributed by atoms with Crippen LogP contribution in [0.1, 0.15) is 24.2 Å². The minimum atomic E-state index is -0.226. The van der Waals surface area contributed by atoms with Crippen LogP contribution in [0, 0.1) is 5.82 Å². The molecule has 0 aliphatic rings. The van der Waals surface area contributed by atoms with Gasteiger partial charge in [0.25, 0.3) is 0 Å². The summed E-state index contributed by atoms with van der Waals surface area (Å²) in [6, 6.07) is 6.40. The number of ether oxygens (including phenoxy) is 1. The van der Waals surface area contributed by atoms with Crippen LogP contribution < -0.4 is 0 Å². The van der Waals surface area contributed by atoms with Crippen LogP contribution in [-0.4, -0.2) is 35.2 Å². The standard InChI is InChI=1S/C16H20FN3O2/c1-3-20(11-16-18-15(12-21-2)19-22-16)10-4-5-13-6-8-14(17)9-7-13/h4-9H,3,10-12H2,1-2H3/b5-4+. The zero-order valence-corrected chi connectivity index (χ0v) is 12.8. The smallest absolute Gasteiger partial charge is 0.240 e. The van der Waals surface area contributed by atoms with Crippen LogP contribution in [0.5, 0.6) is 0 Å². The average molecular weight is 305 g/mol. The minimum Gasteiger partial charge on any atom is -0.377 e. The predicted molar refractivity (Wildman–Crippen MR) is 81.4 cm³/mol. The molecule has 0 saturated heterocycles. The molecule has 0 atom stereocenters. The van der Waals surface area contributed by atoms with Crippen molar-refractivity contribution in [2.45, 2.75) is 20.1 Å². The third kappa shape index (κ3) is 5.05. The van der Waals surface area contributed by atoms with Crippen molar-refractivity contribution in [3.05, 3.63) is 53.4 Å². The van der Waals surface area contributed by atoms with E-state index in [4.69, 9.17) is 9.26 Å². The van der Waals surface area contributed by atoms with Crippen LogP contribution in [0.25, 0.3) is 6.08 Å². The number of halogens is 1. The second-order valence-electron chi connectivity index (χ2n) is 4.82. The van der Waals surface area contributed by atoms with Gasteiger partial charge in [0.2, 0.25) is 5.89 Å². The van der Waals surface area contributed by atoms with Crippen molar-refractivity contribution in [2.24, 2.45) is 0 Å². The van der Waals surface area contributed by atoms with Gasteiger partial charge in [0.05, 0.1) is 6.54 Å². The zero-order valence-electron chi connectivity index (χ0n) is 12.8. The van der Waals surface area contributed by atoms with Crippen molar-refractivity contribution in [3.8, 4) is 0 Å². The maximum atomic E-state index is 12.8. The maximum absolute atomic E-state index is 12.8. The van der Waals surface area contributed by atoms with E-state index in [1.54, 1.807) is 19.2 Å². The summed E-state index contributed by atoms with van der Waals surface area (Å²) in [5.41, 5.74) is 0.970. The lowest BCUT2D eigenvalue weighted by atomic mass is 10.2. The van der Waals surface area contributed by atoms with E-state index in [-0.39, 0.29) is 5.82 Å². The molecule has 0 bridgehead atoms. The van der Waals surface area contributed by atoms with Crippen molar-refractivity contribution in [1.29, 1.82) is 0 Å². The van der Waals surface area contributed by atoms with Gasteiger partial charge in [-0.15, -0.1) is 0 Å². The van der Waals surface area contributed by atoms with E-state index < -0.39 is 0 Å². The molecule has 0 aliphatic heterocycles. The molecule has 2 aromatic rings. The van der Waals surface area contributed by atoms with Crippen molar-refractivity contribution >= 4 is 6.08 Å². The second kappa shape index (κ2) is 8.41. The summed E-state index contributed by atoms with van der Waals surface area (Å²) >= 11 is 0. The van der Waals surface area contributed by atoms with Crippen molar-refractivity contribution < 1.29 is 13.7 Å². The van der Waals surface area contributed by atoms with E-state index in [1.165, 1.54) is 12.1 Å². The first-order valence-corrected chi connectivity index (χ1v) is 7.16. The first-order chi connectivity index (χ1) is 10.7. The Hall–Kier alpha value is -2.05. The molecule has 1 aromatic heterocycles. The van der Waals surface area contributed by atoms with Crippen LogP contribution in [0.4, 0.5) is 4.39 Å². The molecule has 1 aromatic carbocycles. The Morgan fingerprint density at radius 2 is 2.09 bits per heavy atom. The number of hydrogen-bond donors (Lipinski definition) is 0. The van der Waals surface area contributed by atoms with Crippen LogP contribution in [0.15, 0.2) is 34.9 Å². The molecule has 0 unspecified atom stereocenters. The molecule has 6 heteroatoms. The highest BCUT2D eigenvalue weighted by Gasteiger charge is 2.09. The fraction of sp³-hybridized carbons (Fsp3) is 0.375. The van der Waals surface area contributed by atoms with Crippen molar-refractivity contribution in [3.63, 3.8) is 0 Å². The molecule has 0 fully saturated rings. The largest absolute Gasteiger partial charge is 0.377 e. The van der Waals surface area contributed by atoms with Crippen molar-refractivity contribution in [2.75, 3.05) is 20.2 Å². The molecule has 0 aliphatic carbocycles. The lowest BCUT2D eigenvalue weighted by Gasteiger charge is -2.15. The molecule has 0 N–H and O–H groups in total. The Bertz CT molecular complexity index is 596. The normalized spacial score (nSPS) is 11.6. The molecular formula is C16H20FN3O2. The molecule has 0 amide bonds. The van der Waals surface area contributed by atoms with Crippen LogP contribution in [0.2, 0.25) is 0 Å². The molecule has 2 rings (SSSR count).